The van der Waals surface area contributed by atoms with E-state index in [1.807, 2.05) is 25.1 Å². The van der Waals surface area contributed by atoms with Gasteiger partial charge in [-0.1, -0.05) is 19.1 Å². The number of nitrogens with one attached hydrogen (secondary N) is 1. The van der Waals surface area contributed by atoms with Crippen LogP contribution in [-0.4, -0.2) is 34.9 Å². The third-order valence-corrected chi connectivity index (χ3v) is 3.28. The molecule has 5 heteroatoms. The molecule has 1 aromatic rings. The topological polar surface area (TPSA) is 95.6 Å². The van der Waals surface area contributed by atoms with E-state index in [4.69, 9.17) is 5.73 Å². The van der Waals surface area contributed by atoms with E-state index in [-0.39, 0.29) is 19.1 Å². The number of carbonyl (C=O) groups is 1. The maximum atomic E-state index is 11.8. The molecular formula is C14H22N2O3. The quantitative estimate of drug-likeness (QED) is 0.539. The molecule has 0 aromatic heterocycles. The van der Waals surface area contributed by atoms with E-state index in [1.54, 1.807) is 6.07 Å². The molecule has 0 aliphatic carbocycles. The maximum Gasteiger partial charge on any atom is 0.220 e. The van der Waals surface area contributed by atoms with Crippen LogP contribution in [0.15, 0.2) is 24.3 Å². The van der Waals surface area contributed by atoms with Gasteiger partial charge in [0, 0.05) is 12.1 Å². The van der Waals surface area contributed by atoms with Gasteiger partial charge in [-0.05, 0) is 30.5 Å². The number of anilines is 1. The summed E-state index contributed by atoms with van der Waals surface area (Å²) >= 11 is 0. The number of nitrogens with two attached hydrogens (primary N) is 1. The first kappa shape index (κ1) is 15.5. The summed E-state index contributed by atoms with van der Waals surface area (Å²) in [5.74, 6) is -0.188. The fourth-order valence-electron chi connectivity index (χ4n) is 1.81. The largest absolute Gasteiger partial charge is 0.399 e. The van der Waals surface area contributed by atoms with Crippen LogP contribution >= 0.6 is 0 Å². The molecule has 0 fully saturated rings. The Morgan fingerprint density at radius 1 is 1.37 bits per heavy atom. The lowest BCUT2D eigenvalue weighted by Gasteiger charge is -2.29. The normalized spacial score (nSPS) is 11.3. The molecule has 0 saturated carbocycles. The SMILES string of the molecule is CCC(CO)(CO)NC(=O)CCc1cccc(N)c1. The van der Waals surface area contributed by atoms with Crippen LogP contribution in [0.4, 0.5) is 5.69 Å². The predicted octanol–water partition coefficient (Wildman–Crippen LogP) is 0.451. The third-order valence-electron chi connectivity index (χ3n) is 3.28. The number of carbonyl (C=O) groups excluding carboxylic acids is 1. The fourth-order valence-corrected chi connectivity index (χ4v) is 1.81. The number of nitrogen functional groups attached to an aromatic ring is 1. The molecule has 5 nitrogen and oxygen atoms in total. The number of aryl methyl sites for hydroxylation is 1. The number of rotatable bonds is 7. The number of aliphatic hydroxyl groups is 2. The summed E-state index contributed by atoms with van der Waals surface area (Å²) in [6, 6.07) is 7.39. The van der Waals surface area contributed by atoms with Gasteiger partial charge in [0.2, 0.25) is 5.91 Å². The average molecular weight is 266 g/mol. The Morgan fingerprint density at radius 2 is 2.05 bits per heavy atom. The van der Waals surface area contributed by atoms with E-state index in [0.29, 0.717) is 24.9 Å². The van der Waals surface area contributed by atoms with E-state index in [1.165, 1.54) is 0 Å². The second kappa shape index (κ2) is 7.11. The zero-order chi connectivity index (χ0) is 14.3. The summed E-state index contributed by atoms with van der Waals surface area (Å²) in [7, 11) is 0. The molecule has 0 heterocycles. The average Bonchev–Trinajstić information content (AvgIpc) is 2.43. The molecule has 0 spiro atoms. The number of amides is 1. The molecule has 0 bridgehead atoms. The standard InChI is InChI=1S/C14H22N2O3/c1-2-14(9-17,10-18)16-13(19)7-6-11-4-3-5-12(15)8-11/h3-5,8,17-18H,2,6-7,9-10,15H2,1H3,(H,16,19). The van der Waals surface area contributed by atoms with Crippen molar-refractivity contribution < 1.29 is 15.0 Å². The molecule has 1 rings (SSSR count). The molecule has 5 N–H and O–H groups in total. The number of hydrogen-bond acceptors (Lipinski definition) is 4. The van der Waals surface area contributed by atoms with Crippen molar-refractivity contribution in [1.82, 2.24) is 5.32 Å². The Kier molecular flexibility index (Phi) is 5.79. The van der Waals surface area contributed by atoms with Crippen LogP contribution in [-0.2, 0) is 11.2 Å². The lowest BCUT2D eigenvalue weighted by molar-refractivity contribution is -0.124. The number of aliphatic hydroxyl groups excluding tert-OH is 2. The minimum atomic E-state index is -0.924. The van der Waals surface area contributed by atoms with E-state index in [0.717, 1.165) is 5.56 Å². The van der Waals surface area contributed by atoms with Gasteiger partial charge >= 0.3 is 0 Å². The molecule has 0 saturated heterocycles. The smallest absolute Gasteiger partial charge is 0.220 e. The van der Waals surface area contributed by atoms with Crippen LogP contribution in [0.1, 0.15) is 25.3 Å². The summed E-state index contributed by atoms with van der Waals surface area (Å²) in [5, 5.41) is 21.2. The van der Waals surface area contributed by atoms with Gasteiger partial charge < -0.3 is 21.3 Å². The minimum absolute atomic E-state index is 0.188. The Hall–Kier alpha value is -1.59. The maximum absolute atomic E-state index is 11.8. The lowest BCUT2D eigenvalue weighted by atomic mass is 9.98. The van der Waals surface area contributed by atoms with Crippen LogP contribution in [0.2, 0.25) is 0 Å². The van der Waals surface area contributed by atoms with Crippen molar-refractivity contribution in [2.75, 3.05) is 18.9 Å². The van der Waals surface area contributed by atoms with Gasteiger partial charge in [0.25, 0.3) is 0 Å². The van der Waals surface area contributed by atoms with E-state index < -0.39 is 5.54 Å². The lowest BCUT2D eigenvalue weighted by Crippen LogP contribution is -2.53. The van der Waals surface area contributed by atoms with Crippen molar-refractivity contribution in [2.24, 2.45) is 0 Å². The highest BCUT2D eigenvalue weighted by atomic mass is 16.3. The molecule has 1 amide bonds. The van der Waals surface area contributed by atoms with Crippen molar-refractivity contribution in [3.05, 3.63) is 29.8 Å². The predicted molar refractivity (Wildman–Crippen MR) is 74.5 cm³/mol. The van der Waals surface area contributed by atoms with Gasteiger partial charge in [-0.25, -0.2) is 0 Å². The summed E-state index contributed by atoms with van der Waals surface area (Å²) in [4.78, 5) is 11.8. The van der Waals surface area contributed by atoms with E-state index >= 15 is 0 Å². The third kappa shape index (κ3) is 4.54. The first-order chi connectivity index (χ1) is 9.05. The molecule has 0 atom stereocenters. The van der Waals surface area contributed by atoms with Gasteiger partial charge in [-0.2, -0.15) is 0 Å². The first-order valence-electron chi connectivity index (χ1n) is 6.42. The van der Waals surface area contributed by atoms with Crippen molar-refractivity contribution in [1.29, 1.82) is 0 Å². The molecular weight excluding hydrogens is 244 g/mol. The Balaban J connectivity index is 2.52. The van der Waals surface area contributed by atoms with Gasteiger partial charge in [-0.15, -0.1) is 0 Å². The monoisotopic (exact) mass is 266 g/mol. The van der Waals surface area contributed by atoms with Crippen LogP contribution < -0.4 is 11.1 Å². The highest BCUT2D eigenvalue weighted by Gasteiger charge is 2.28. The second-order valence-electron chi connectivity index (χ2n) is 4.74. The van der Waals surface area contributed by atoms with Crippen LogP contribution in [0.3, 0.4) is 0 Å². The molecule has 0 unspecified atom stereocenters. The van der Waals surface area contributed by atoms with Crippen molar-refractivity contribution in [3.8, 4) is 0 Å². The fraction of sp³-hybridized carbons (Fsp3) is 0.500. The van der Waals surface area contributed by atoms with Crippen molar-refractivity contribution in [2.45, 2.75) is 31.7 Å². The van der Waals surface area contributed by atoms with Gasteiger partial charge in [0.15, 0.2) is 0 Å². The van der Waals surface area contributed by atoms with Crippen LogP contribution in [0.5, 0.6) is 0 Å². The Bertz CT molecular complexity index is 409. The molecule has 0 aliphatic heterocycles. The number of hydrogen-bond donors (Lipinski definition) is 4. The van der Waals surface area contributed by atoms with Crippen molar-refractivity contribution >= 4 is 11.6 Å². The summed E-state index contributed by atoms with van der Waals surface area (Å²) < 4.78 is 0. The van der Waals surface area contributed by atoms with Crippen LogP contribution in [0, 0.1) is 0 Å². The minimum Gasteiger partial charge on any atom is -0.399 e. The highest BCUT2D eigenvalue weighted by Crippen LogP contribution is 2.11. The second-order valence-corrected chi connectivity index (χ2v) is 4.74. The zero-order valence-corrected chi connectivity index (χ0v) is 11.2. The number of benzene rings is 1. The Morgan fingerprint density at radius 3 is 2.58 bits per heavy atom. The van der Waals surface area contributed by atoms with Gasteiger partial charge in [0.1, 0.15) is 0 Å². The van der Waals surface area contributed by atoms with Gasteiger partial charge in [0.05, 0.1) is 18.8 Å². The van der Waals surface area contributed by atoms with Crippen LogP contribution in [0.25, 0.3) is 0 Å². The highest BCUT2D eigenvalue weighted by molar-refractivity contribution is 5.77. The molecule has 19 heavy (non-hydrogen) atoms. The summed E-state index contributed by atoms with van der Waals surface area (Å²) in [6.07, 6.45) is 1.35. The molecule has 0 radical (unpaired) electrons. The molecule has 0 aliphatic rings. The van der Waals surface area contributed by atoms with E-state index in [9.17, 15) is 15.0 Å². The van der Waals surface area contributed by atoms with E-state index in [2.05, 4.69) is 5.32 Å². The molecule has 1 aromatic carbocycles. The molecule has 106 valence electrons. The van der Waals surface area contributed by atoms with Crippen molar-refractivity contribution in [3.63, 3.8) is 0 Å². The Labute approximate surface area is 113 Å². The summed E-state index contributed by atoms with van der Waals surface area (Å²) in [5.41, 5.74) is 6.40. The zero-order valence-electron chi connectivity index (χ0n) is 11.2. The summed E-state index contributed by atoms with van der Waals surface area (Å²) in [6.45, 7) is 1.26. The first-order valence-corrected chi connectivity index (χ1v) is 6.42. The van der Waals surface area contributed by atoms with Gasteiger partial charge in [-0.3, -0.25) is 4.79 Å².